The fourth-order valence-electron chi connectivity index (χ4n) is 4.55. The summed E-state index contributed by atoms with van der Waals surface area (Å²) in [6.07, 6.45) is 3.31. The molecule has 0 amide bonds. The summed E-state index contributed by atoms with van der Waals surface area (Å²) in [5.41, 5.74) is 6.41. The fourth-order valence-corrected chi connectivity index (χ4v) is 4.55. The van der Waals surface area contributed by atoms with Crippen LogP contribution in [0.5, 0.6) is 0 Å². The van der Waals surface area contributed by atoms with E-state index in [9.17, 15) is 8.78 Å². The monoisotopic (exact) mass is 452 g/mol. The van der Waals surface area contributed by atoms with Crippen LogP contribution in [0.3, 0.4) is 0 Å². The van der Waals surface area contributed by atoms with Crippen LogP contribution in [0.25, 0.3) is 17.0 Å². The molecule has 0 aliphatic carbocycles. The van der Waals surface area contributed by atoms with Gasteiger partial charge in [0.2, 0.25) is 0 Å². The van der Waals surface area contributed by atoms with Crippen LogP contribution in [0.15, 0.2) is 24.4 Å². The highest BCUT2D eigenvalue weighted by atomic mass is 19.1. The molecule has 2 aliphatic rings. The first kappa shape index (κ1) is 21.1. The maximum Gasteiger partial charge on any atom is 0.166 e. The van der Waals surface area contributed by atoms with Gasteiger partial charge in [0.05, 0.1) is 30.7 Å². The number of nitrogens with two attached hydrogens (primary N) is 1. The number of nitrogens with zero attached hydrogens (tertiary/aromatic N) is 6. The molecule has 5 rings (SSSR count). The van der Waals surface area contributed by atoms with Crippen LogP contribution < -0.4 is 10.6 Å². The Kier molecular flexibility index (Phi) is 4.93. The number of hydrogen-bond acceptors (Lipinski definition) is 8. The van der Waals surface area contributed by atoms with Gasteiger partial charge in [0.15, 0.2) is 17.5 Å². The molecule has 9 nitrogen and oxygen atoms in total. The quantitative estimate of drug-likeness (QED) is 0.584. The van der Waals surface area contributed by atoms with Crippen LogP contribution in [0.4, 0.5) is 14.6 Å². The van der Waals surface area contributed by atoms with E-state index in [4.69, 9.17) is 20.9 Å². The van der Waals surface area contributed by atoms with Gasteiger partial charge in [0.1, 0.15) is 28.7 Å². The van der Waals surface area contributed by atoms with Gasteiger partial charge in [-0.15, -0.1) is 10.2 Å². The van der Waals surface area contributed by atoms with Gasteiger partial charge >= 0.3 is 0 Å². The molecule has 1 aromatic carbocycles. The molecule has 11 heteroatoms. The molecule has 33 heavy (non-hydrogen) atoms. The van der Waals surface area contributed by atoms with E-state index in [1.807, 2.05) is 11.5 Å². The first-order chi connectivity index (χ1) is 15.9. The second-order valence-electron chi connectivity index (χ2n) is 7.99. The minimum Gasteiger partial charge on any atom is -0.398 e. The molecule has 3 N–H and O–H groups in total. The predicted octanol–water partition coefficient (Wildman–Crippen LogP) is 2.58. The number of rotatable bonds is 4. The molecule has 0 unspecified atom stereocenters. The number of morpholine rings is 1. The number of fused-ring (bicyclic) bond motifs is 6. The van der Waals surface area contributed by atoms with E-state index in [1.165, 1.54) is 6.07 Å². The van der Waals surface area contributed by atoms with Crippen molar-refractivity contribution in [2.45, 2.75) is 25.8 Å². The average Bonchev–Trinajstić information content (AvgIpc) is 3.21. The summed E-state index contributed by atoms with van der Waals surface area (Å²) in [7, 11) is 0. The van der Waals surface area contributed by atoms with Crippen LogP contribution >= 0.6 is 0 Å². The smallest absolute Gasteiger partial charge is 0.166 e. The Morgan fingerprint density at radius 2 is 2.15 bits per heavy atom. The number of allylic oxidation sites excluding steroid dienone is 1. The summed E-state index contributed by atoms with van der Waals surface area (Å²) in [5, 5.41) is 16.6. The van der Waals surface area contributed by atoms with Crippen molar-refractivity contribution in [3.05, 3.63) is 59.1 Å². The number of aromatic nitrogens is 5. The molecule has 170 valence electrons. The van der Waals surface area contributed by atoms with E-state index in [1.54, 1.807) is 6.20 Å². The van der Waals surface area contributed by atoms with Gasteiger partial charge in [-0.2, -0.15) is 0 Å². The molecule has 0 spiro atoms. The molecule has 2 aromatic heterocycles. The van der Waals surface area contributed by atoms with Crippen LogP contribution in [-0.4, -0.2) is 50.7 Å². The Morgan fingerprint density at radius 3 is 2.88 bits per heavy atom. The number of ether oxygens (including phenoxy) is 1. The molecular formula is C22H22F2N8O. The van der Waals surface area contributed by atoms with E-state index in [2.05, 4.69) is 27.0 Å². The normalized spacial score (nSPS) is 19.9. The highest BCUT2D eigenvalue weighted by Gasteiger charge is 2.49. The minimum absolute atomic E-state index is 0.0255. The Bertz CT molecular complexity index is 1300. The molecule has 4 heterocycles. The number of aryl methyl sites for hydroxylation is 1. The maximum atomic E-state index is 14.4. The van der Waals surface area contributed by atoms with Crippen LogP contribution in [0.1, 0.15) is 36.4 Å². The Morgan fingerprint density at radius 1 is 1.33 bits per heavy atom. The number of halogens is 2. The lowest BCUT2D eigenvalue weighted by molar-refractivity contribution is 0.0390. The molecule has 1 fully saturated rings. The first-order valence-corrected chi connectivity index (χ1v) is 10.5. The Balaban J connectivity index is 1.71. The summed E-state index contributed by atoms with van der Waals surface area (Å²) in [6, 6.07) is 3.09. The fraction of sp³-hybridized carbons (Fsp3) is 0.318. The Labute approximate surface area is 188 Å². The third-order valence-electron chi connectivity index (χ3n) is 6.29. The molecule has 0 bridgehead atoms. The predicted molar refractivity (Wildman–Crippen MR) is 118 cm³/mol. The third-order valence-corrected chi connectivity index (χ3v) is 6.29. The van der Waals surface area contributed by atoms with Crippen molar-refractivity contribution in [2.24, 2.45) is 5.73 Å². The highest BCUT2D eigenvalue weighted by molar-refractivity contribution is 6.16. The van der Waals surface area contributed by atoms with Gasteiger partial charge in [0, 0.05) is 24.4 Å². The zero-order chi connectivity index (χ0) is 23.3. The molecule has 2 aliphatic heterocycles. The molecule has 1 saturated heterocycles. The summed E-state index contributed by atoms with van der Waals surface area (Å²) in [5.74, 6) is 0.711. The van der Waals surface area contributed by atoms with Gasteiger partial charge in [-0.1, -0.05) is 6.92 Å². The summed E-state index contributed by atoms with van der Waals surface area (Å²) in [4.78, 5) is 11.3. The van der Waals surface area contributed by atoms with Crippen molar-refractivity contribution in [1.82, 2.24) is 24.7 Å². The van der Waals surface area contributed by atoms with E-state index in [-0.39, 0.29) is 22.7 Å². The lowest BCUT2D eigenvalue weighted by atomic mass is 9.90. The lowest BCUT2D eigenvalue weighted by Crippen LogP contribution is -2.58. The van der Waals surface area contributed by atoms with E-state index < -0.39 is 17.2 Å². The van der Waals surface area contributed by atoms with Crippen molar-refractivity contribution >= 4 is 23.3 Å². The largest absolute Gasteiger partial charge is 0.398 e. The van der Waals surface area contributed by atoms with E-state index in [0.29, 0.717) is 43.5 Å². The van der Waals surface area contributed by atoms with E-state index in [0.717, 1.165) is 24.2 Å². The topological polar surface area (TPSA) is 119 Å². The molecule has 3 aromatic rings. The van der Waals surface area contributed by atoms with Crippen LogP contribution in [0, 0.1) is 24.0 Å². The number of nitrogens with one attached hydrogen (secondary N) is 1. The first-order valence-electron chi connectivity index (χ1n) is 10.5. The standard InChI is InChI=1S/C22H22F2N8O/c1-3-22-11-33-7-6-31(22)20-17(32-12(2)29-30-21(22)32)10-27-19(28-20)15(9-25)18(26)14-5-4-13(23)8-16(14)24/h4-5,8-10,25H,3,6-7,11,26H2,1-2H3/b18-15+,25-9?/t22-/m1/s1. The molecule has 0 saturated carbocycles. The average molecular weight is 452 g/mol. The SMILES string of the molecule is CC[C@]12COCCN1c1nc(/C(C=N)=C(/N)c3ccc(F)cc3F)ncc1-n1c(C)nnc12. The molecule has 0 radical (unpaired) electrons. The summed E-state index contributed by atoms with van der Waals surface area (Å²) >= 11 is 0. The van der Waals surface area contributed by atoms with Gasteiger partial charge < -0.3 is 20.8 Å². The summed E-state index contributed by atoms with van der Waals surface area (Å²) in [6.45, 7) is 5.44. The number of hydrogen-bond donors (Lipinski definition) is 2. The van der Waals surface area contributed by atoms with Crippen molar-refractivity contribution < 1.29 is 13.5 Å². The maximum absolute atomic E-state index is 14.4. The van der Waals surface area contributed by atoms with Crippen molar-refractivity contribution in [3.63, 3.8) is 0 Å². The van der Waals surface area contributed by atoms with Crippen molar-refractivity contribution in [3.8, 4) is 5.69 Å². The van der Waals surface area contributed by atoms with Crippen LogP contribution in [-0.2, 0) is 10.3 Å². The highest BCUT2D eigenvalue weighted by Crippen LogP contribution is 2.44. The number of benzene rings is 1. The van der Waals surface area contributed by atoms with Crippen molar-refractivity contribution in [2.75, 3.05) is 24.7 Å². The second-order valence-corrected chi connectivity index (χ2v) is 7.99. The zero-order valence-corrected chi connectivity index (χ0v) is 18.1. The lowest BCUT2D eigenvalue weighted by Gasteiger charge is -2.49. The number of anilines is 1. The van der Waals surface area contributed by atoms with Crippen molar-refractivity contribution in [1.29, 1.82) is 5.41 Å². The minimum atomic E-state index is -0.826. The molecule has 1 atom stereocenters. The zero-order valence-electron chi connectivity index (χ0n) is 18.1. The summed E-state index contributed by atoms with van der Waals surface area (Å²) < 4.78 is 35.5. The molecular weight excluding hydrogens is 430 g/mol. The van der Waals surface area contributed by atoms with Gasteiger partial charge in [0.25, 0.3) is 0 Å². The van der Waals surface area contributed by atoms with Gasteiger partial charge in [-0.25, -0.2) is 18.7 Å². The van der Waals surface area contributed by atoms with Gasteiger partial charge in [-0.3, -0.25) is 4.57 Å². The Hall–Kier alpha value is -3.73. The second kappa shape index (κ2) is 7.69. The van der Waals surface area contributed by atoms with Crippen LogP contribution in [0.2, 0.25) is 0 Å². The van der Waals surface area contributed by atoms with E-state index >= 15 is 0 Å². The third kappa shape index (κ3) is 3.03. The van der Waals surface area contributed by atoms with Gasteiger partial charge in [-0.05, 0) is 25.5 Å².